The van der Waals surface area contributed by atoms with E-state index in [-0.39, 0.29) is 18.4 Å². The molecule has 1 N–H and O–H groups in total. The molecule has 2 aromatic heterocycles. The SMILES string of the molecule is C[C@@]1(c2cc(F)cc(F)c2)CN(CI)C2(CCCC2)C(=O)N1Cc1cnc2c(c1)C[C@@]1(C2)C(=O)Nc2ncccc21. The zero-order chi connectivity index (χ0) is 28.6. The Kier molecular flexibility index (Phi) is 6.24. The van der Waals surface area contributed by atoms with Gasteiger partial charge in [-0.15, -0.1) is 0 Å². The number of nitrogens with one attached hydrogen (secondary N) is 1. The number of hydrogen-bond donors (Lipinski definition) is 1. The van der Waals surface area contributed by atoms with Crippen LogP contribution in [0.2, 0.25) is 0 Å². The Labute approximate surface area is 250 Å². The Morgan fingerprint density at radius 2 is 1.80 bits per heavy atom. The van der Waals surface area contributed by atoms with Crippen LogP contribution in [0, 0.1) is 11.6 Å². The number of fused-ring (bicyclic) bond motifs is 3. The van der Waals surface area contributed by atoms with Crippen LogP contribution in [0.4, 0.5) is 14.6 Å². The molecule has 1 saturated heterocycles. The fourth-order valence-electron chi connectivity index (χ4n) is 7.66. The van der Waals surface area contributed by atoms with Gasteiger partial charge in [0, 0.05) is 49.2 Å². The minimum atomic E-state index is -0.963. The molecule has 2 aliphatic heterocycles. The van der Waals surface area contributed by atoms with E-state index in [2.05, 4.69) is 37.8 Å². The summed E-state index contributed by atoms with van der Waals surface area (Å²) in [7, 11) is 0. The summed E-state index contributed by atoms with van der Waals surface area (Å²) in [5.41, 5.74) is 1.68. The van der Waals surface area contributed by atoms with Gasteiger partial charge in [0.25, 0.3) is 0 Å². The van der Waals surface area contributed by atoms with Gasteiger partial charge in [-0.1, -0.05) is 47.6 Å². The smallest absolute Gasteiger partial charge is 0.244 e. The van der Waals surface area contributed by atoms with Crippen molar-refractivity contribution < 1.29 is 18.4 Å². The van der Waals surface area contributed by atoms with Gasteiger partial charge in [0.1, 0.15) is 23.0 Å². The van der Waals surface area contributed by atoms with Gasteiger partial charge < -0.3 is 10.2 Å². The van der Waals surface area contributed by atoms with E-state index < -0.39 is 28.1 Å². The van der Waals surface area contributed by atoms with Crippen LogP contribution in [0.1, 0.15) is 60.6 Å². The van der Waals surface area contributed by atoms with Crippen molar-refractivity contribution in [3.63, 3.8) is 0 Å². The number of carbonyl (C=O) groups excluding carboxylic acids is 2. The van der Waals surface area contributed by atoms with Gasteiger partial charge in [-0.2, -0.15) is 0 Å². The first-order chi connectivity index (χ1) is 19.7. The second kappa shape index (κ2) is 9.52. The molecule has 7 rings (SSSR count). The number of nitrogens with zero attached hydrogens (tertiary/aromatic N) is 4. The molecule has 10 heteroatoms. The highest BCUT2D eigenvalue weighted by atomic mass is 127. The normalized spacial score (nSPS) is 26.6. The zero-order valence-corrected chi connectivity index (χ0v) is 24.9. The third-order valence-corrected chi connectivity index (χ3v) is 10.6. The maximum atomic E-state index is 14.5. The number of alkyl halides is 1. The third-order valence-electron chi connectivity index (χ3n) is 9.81. The van der Waals surface area contributed by atoms with Crippen LogP contribution < -0.4 is 5.32 Å². The van der Waals surface area contributed by atoms with Crippen LogP contribution in [0.5, 0.6) is 0 Å². The van der Waals surface area contributed by atoms with E-state index in [0.29, 0.717) is 35.3 Å². The number of pyridine rings is 2. The summed E-state index contributed by atoms with van der Waals surface area (Å²) in [5.74, 6) is -0.795. The first kappa shape index (κ1) is 26.9. The Bertz CT molecular complexity index is 1570. The van der Waals surface area contributed by atoms with Gasteiger partial charge in [-0.3, -0.25) is 19.5 Å². The van der Waals surface area contributed by atoms with Gasteiger partial charge in [0.05, 0.1) is 15.5 Å². The summed E-state index contributed by atoms with van der Waals surface area (Å²) in [6.45, 7) is 2.63. The Morgan fingerprint density at radius 3 is 2.54 bits per heavy atom. The molecular weight excluding hydrogens is 639 g/mol. The summed E-state index contributed by atoms with van der Waals surface area (Å²) in [6.07, 6.45) is 7.92. The number of amides is 2. The van der Waals surface area contributed by atoms with Crippen LogP contribution in [-0.2, 0) is 39.9 Å². The minimum Gasteiger partial charge on any atom is -0.326 e. The Hall–Kier alpha value is -2.99. The average molecular weight is 670 g/mol. The first-order valence-electron chi connectivity index (χ1n) is 14.0. The van der Waals surface area contributed by atoms with E-state index in [0.717, 1.165) is 54.1 Å². The van der Waals surface area contributed by atoms with Crippen LogP contribution in [0.25, 0.3) is 0 Å². The van der Waals surface area contributed by atoms with Crippen molar-refractivity contribution in [1.82, 2.24) is 19.8 Å². The van der Waals surface area contributed by atoms with E-state index in [4.69, 9.17) is 4.98 Å². The first-order valence-corrected chi connectivity index (χ1v) is 15.5. The van der Waals surface area contributed by atoms with Crippen LogP contribution in [-0.4, -0.2) is 48.2 Å². The molecule has 7 nitrogen and oxygen atoms in total. The van der Waals surface area contributed by atoms with E-state index in [1.165, 1.54) is 12.1 Å². The fraction of sp³-hybridized carbons (Fsp3) is 0.419. The van der Waals surface area contributed by atoms with Gasteiger partial charge in [0.15, 0.2) is 0 Å². The number of carbonyl (C=O) groups is 2. The highest BCUT2D eigenvalue weighted by Crippen LogP contribution is 2.48. The lowest BCUT2D eigenvalue weighted by Crippen LogP contribution is -2.70. The zero-order valence-electron chi connectivity index (χ0n) is 22.7. The van der Waals surface area contributed by atoms with E-state index >= 15 is 0 Å². The van der Waals surface area contributed by atoms with Gasteiger partial charge in [-0.05, 0) is 61.1 Å². The van der Waals surface area contributed by atoms with Crippen molar-refractivity contribution >= 4 is 40.2 Å². The number of hydrogen-bond acceptors (Lipinski definition) is 5. The minimum absolute atomic E-state index is 0.00257. The van der Waals surface area contributed by atoms with Crippen LogP contribution >= 0.6 is 22.6 Å². The molecule has 4 heterocycles. The number of piperazine rings is 1. The maximum absolute atomic E-state index is 14.5. The van der Waals surface area contributed by atoms with Gasteiger partial charge >= 0.3 is 0 Å². The number of halogens is 3. The molecule has 0 bridgehead atoms. The monoisotopic (exact) mass is 669 g/mol. The van der Waals surface area contributed by atoms with Gasteiger partial charge in [0.2, 0.25) is 11.8 Å². The van der Waals surface area contributed by atoms with Crippen molar-refractivity contribution in [2.24, 2.45) is 0 Å². The molecule has 2 amide bonds. The summed E-state index contributed by atoms with van der Waals surface area (Å²) in [6, 6.07) is 9.39. The Morgan fingerprint density at radius 1 is 1.05 bits per heavy atom. The molecule has 41 heavy (non-hydrogen) atoms. The number of rotatable bonds is 4. The highest BCUT2D eigenvalue weighted by molar-refractivity contribution is 14.1. The summed E-state index contributed by atoms with van der Waals surface area (Å²) < 4.78 is 29.7. The second-order valence-corrected chi connectivity index (χ2v) is 12.8. The quantitative estimate of drug-likeness (QED) is 0.240. The molecular formula is C31H30F2IN5O2. The maximum Gasteiger partial charge on any atom is 0.244 e. The van der Waals surface area contributed by atoms with Crippen molar-refractivity contribution in [3.8, 4) is 0 Å². The molecule has 4 aliphatic rings. The Balaban J connectivity index is 1.27. The average Bonchev–Trinajstić information content (AvgIpc) is 3.65. The van der Waals surface area contributed by atoms with E-state index in [1.807, 2.05) is 30.0 Å². The number of anilines is 1. The fourth-order valence-corrected chi connectivity index (χ4v) is 8.55. The van der Waals surface area contributed by atoms with Crippen LogP contribution in [0.15, 0.2) is 48.8 Å². The number of benzene rings is 1. The molecule has 0 radical (unpaired) electrons. The lowest BCUT2D eigenvalue weighted by Gasteiger charge is -2.56. The van der Waals surface area contributed by atoms with Crippen LogP contribution in [0.3, 0.4) is 0 Å². The summed E-state index contributed by atoms with van der Waals surface area (Å²) >= 11 is 2.29. The van der Waals surface area contributed by atoms with Crippen molar-refractivity contribution in [3.05, 3.63) is 88.4 Å². The van der Waals surface area contributed by atoms with Crippen molar-refractivity contribution in [1.29, 1.82) is 0 Å². The lowest BCUT2D eigenvalue weighted by molar-refractivity contribution is -0.165. The largest absolute Gasteiger partial charge is 0.326 e. The summed E-state index contributed by atoms with van der Waals surface area (Å²) in [5, 5.41) is 2.93. The van der Waals surface area contributed by atoms with E-state index in [9.17, 15) is 18.4 Å². The topological polar surface area (TPSA) is 78.4 Å². The van der Waals surface area contributed by atoms with Gasteiger partial charge in [-0.25, -0.2) is 13.8 Å². The molecule has 212 valence electrons. The molecule has 2 fully saturated rings. The molecule has 1 aromatic carbocycles. The predicted molar refractivity (Wildman–Crippen MR) is 157 cm³/mol. The predicted octanol–water partition coefficient (Wildman–Crippen LogP) is 5.01. The van der Waals surface area contributed by atoms with E-state index in [1.54, 1.807) is 12.4 Å². The molecule has 2 aliphatic carbocycles. The van der Waals surface area contributed by atoms with Crippen molar-refractivity contribution in [2.45, 2.75) is 68.5 Å². The second-order valence-electron chi connectivity index (χ2n) is 12.1. The standard InChI is InChI=1S/C31H30F2IN5O2/c1-29(21-10-22(32)12-23(33)11-21)17-38(18-34)31(6-2-3-7-31)28(41)39(29)16-19-9-20-13-30(14-25(20)36-15-19)24-5-4-8-35-26(24)37-27(30)40/h4-5,8-12,15H,2-3,6-7,13-14,16-18H2,1H3,(H,35,37,40)/t29-,30-/m0/s1. The highest BCUT2D eigenvalue weighted by Gasteiger charge is 2.57. The molecule has 0 unspecified atom stereocenters. The molecule has 2 spiro atoms. The van der Waals surface area contributed by atoms with Crippen molar-refractivity contribution in [2.75, 3.05) is 16.4 Å². The molecule has 3 aromatic rings. The number of aromatic nitrogens is 2. The third kappa shape index (κ3) is 3.96. The lowest BCUT2D eigenvalue weighted by atomic mass is 9.79. The molecule has 2 atom stereocenters. The summed E-state index contributed by atoms with van der Waals surface area (Å²) in [4.78, 5) is 40.8. The molecule has 1 saturated carbocycles.